The molecule has 0 bridgehead atoms. The van der Waals surface area contributed by atoms with E-state index in [1.165, 1.54) is 0 Å². The summed E-state index contributed by atoms with van der Waals surface area (Å²) in [5.41, 5.74) is 0. The number of aromatic nitrogens is 2. The van der Waals surface area contributed by atoms with Gasteiger partial charge in [-0.25, -0.2) is 0 Å². The normalized spacial score (nSPS) is 14.2. The average Bonchev–Trinajstić information content (AvgIpc) is 2.71. The highest BCUT2D eigenvalue weighted by molar-refractivity contribution is 6.42. The molecule has 1 saturated heterocycles. The number of benzene rings is 1. The van der Waals surface area contributed by atoms with Crippen LogP contribution in [0.4, 0.5) is 5.82 Å². The van der Waals surface area contributed by atoms with E-state index in [1.54, 1.807) is 37.7 Å². The van der Waals surface area contributed by atoms with Crippen molar-refractivity contribution >= 4 is 34.9 Å². The van der Waals surface area contributed by atoms with Gasteiger partial charge >= 0.3 is 0 Å². The van der Waals surface area contributed by atoms with Gasteiger partial charge in [0, 0.05) is 26.2 Å². The van der Waals surface area contributed by atoms with Gasteiger partial charge in [-0.2, -0.15) is 4.98 Å². The summed E-state index contributed by atoms with van der Waals surface area (Å²) in [6.07, 6.45) is 3.54. The number of hydrogen-bond donors (Lipinski definition) is 0. The molecular weight excluding hydrogens is 391 g/mol. The zero-order valence-corrected chi connectivity index (χ0v) is 16.4. The predicted molar refractivity (Wildman–Crippen MR) is 104 cm³/mol. The fourth-order valence-electron chi connectivity index (χ4n) is 2.78. The minimum Gasteiger partial charge on any atom is -0.491 e. The van der Waals surface area contributed by atoms with Crippen molar-refractivity contribution in [2.75, 3.05) is 44.8 Å². The van der Waals surface area contributed by atoms with Crippen LogP contribution in [0.15, 0.2) is 30.6 Å². The van der Waals surface area contributed by atoms with E-state index in [0.717, 1.165) is 5.82 Å². The number of carbonyl (C=O) groups excluding carboxylic acids is 1. The van der Waals surface area contributed by atoms with Crippen LogP contribution < -0.4 is 14.4 Å². The van der Waals surface area contributed by atoms with Gasteiger partial charge in [0.15, 0.2) is 5.82 Å². The van der Waals surface area contributed by atoms with Crippen LogP contribution in [0.1, 0.15) is 6.42 Å². The van der Waals surface area contributed by atoms with Crippen molar-refractivity contribution in [3.05, 3.63) is 40.6 Å². The van der Waals surface area contributed by atoms with Crippen LogP contribution in [-0.2, 0) is 4.79 Å². The molecule has 27 heavy (non-hydrogen) atoms. The van der Waals surface area contributed by atoms with Crippen LogP contribution in [0.25, 0.3) is 0 Å². The molecule has 1 aromatic carbocycles. The third kappa shape index (κ3) is 4.93. The Kier molecular flexibility index (Phi) is 6.58. The second-order valence-electron chi connectivity index (χ2n) is 5.94. The third-order valence-electron chi connectivity index (χ3n) is 4.25. The van der Waals surface area contributed by atoms with E-state index in [1.807, 2.05) is 4.90 Å². The number of piperazine rings is 1. The summed E-state index contributed by atoms with van der Waals surface area (Å²) in [4.78, 5) is 24.8. The molecule has 7 nitrogen and oxygen atoms in total. The predicted octanol–water partition coefficient (Wildman–Crippen LogP) is 2.91. The Labute approximate surface area is 167 Å². The minimum absolute atomic E-state index is 0.0459. The molecule has 3 rings (SSSR count). The van der Waals surface area contributed by atoms with Gasteiger partial charge in [0.2, 0.25) is 11.8 Å². The lowest BCUT2D eigenvalue weighted by molar-refractivity contribution is -0.132. The first-order chi connectivity index (χ1) is 13.1. The summed E-state index contributed by atoms with van der Waals surface area (Å²) in [5.74, 6) is 1.76. The number of nitrogens with zero attached hydrogens (tertiary/aromatic N) is 4. The van der Waals surface area contributed by atoms with Crippen LogP contribution in [0, 0.1) is 0 Å². The topological polar surface area (TPSA) is 67.8 Å². The van der Waals surface area contributed by atoms with Crippen LogP contribution in [0.5, 0.6) is 11.6 Å². The number of hydrogen-bond acceptors (Lipinski definition) is 6. The van der Waals surface area contributed by atoms with Crippen molar-refractivity contribution in [3.8, 4) is 11.6 Å². The van der Waals surface area contributed by atoms with Gasteiger partial charge in [0.1, 0.15) is 10.8 Å². The molecule has 1 aliphatic heterocycles. The third-order valence-corrected chi connectivity index (χ3v) is 5.06. The average molecular weight is 411 g/mol. The van der Waals surface area contributed by atoms with Crippen LogP contribution >= 0.6 is 23.2 Å². The Morgan fingerprint density at radius 1 is 1.19 bits per heavy atom. The Bertz CT molecular complexity index is 798. The molecule has 1 aromatic heterocycles. The molecule has 2 heterocycles. The lowest BCUT2D eigenvalue weighted by atomic mass is 10.3. The lowest BCUT2D eigenvalue weighted by Crippen LogP contribution is -2.49. The van der Waals surface area contributed by atoms with Crippen molar-refractivity contribution in [3.63, 3.8) is 0 Å². The van der Waals surface area contributed by atoms with E-state index >= 15 is 0 Å². The van der Waals surface area contributed by atoms with E-state index in [-0.39, 0.29) is 18.9 Å². The van der Waals surface area contributed by atoms with E-state index in [0.29, 0.717) is 47.9 Å². The second-order valence-corrected chi connectivity index (χ2v) is 6.72. The molecule has 0 aliphatic carbocycles. The molecule has 0 radical (unpaired) electrons. The largest absolute Gasteiger partial charge is 0.491 e. The monoisotopic (exact) mass is 410 g/mol. The SMILES string of the molecule is COc1cncc(N2CCN(C(=O)CCOc3cccc(Cl)c3Cl)CC2)n1. The Morgan fingerprint density at radius 3 is 2.70 bits per heavy atom. The van der Waals surface area contributed by atoms with Crippen molar-refractivity contribution in [1.29, 1.82) is 0 Å². The summed E-state index contributed by atoms with van der Waals surface area (Å²) < 4.78 is 10.7. The number of carbonyl (C=O) groups is 1. The molecule has 0 unspecified atom stereocenters. The maximum atomic E-state index is 12.4. The molecule has 0 saturated carbocycles. The first-order valence-electron chi connectivity index (χ1n) is 8.54. The maximum absolute atomic E-state index is 12.4. The van der Waals surface area contributed by atoms with Crippen LogP contribution in [0.2, 0.25) is 10.0 Å². The van der Waals surface area contributed by atoms with Gasteiger partial charge in [-0.1, -0.05) is 29.3 Å². The van der Waals surface area contributed by atoms with Crippen LogP contribution in [-0.4, -0.2) is 60.7 Å². The van der Waals surface area contributed by atoms with E-state index in [4.69, 9.17) is 32.7 Å². The maximum Gasteiger partial charge on any atom is 0.233 e. The highest BCUT2D eigenvalue weighted by Gasteiger charge is 2.22. The summed E-state index contributed by atoms with van der Waals surface area (Å²) in [5, 5.41) is 0.789. The van der Waals surface area contributed by atoms with Crippen molar-refractivity contribution < 1.29 is 14.3 Å². The minimum atomic E-state index is 0.0459. The molecule has 0 spiro atoms. The van der Waals surface area contributed by atoms with Gasteiger partial charge in [-0.05, 0) is 12.1 Å². The number of anilines is 1. The number of rotatable bonds is 6. The molecule has 2 aromatic rings. The number of amides is 1. The fraction of sp³-hybridized carbons (Fsp3) is 0.389. The molecule has 1 aliphatic rings. The smallest absolute Gasteiger partial charge is 0.233 e. The molecule has 9 heteroatoms. The van der Waals surface area contributed by atoms with Gasteiger partial charge in [-0.15, -0.1) is 0 Å². The van der Waals surface area contributed by atoms with Gasteiger partial charge < -0.3 is 19.3 Å². The molecule has 144 valence electrons. The van der Waals surface area contributed by atoms with Crippen molar-refractivity contribution in [2.24, 2.45) is 0 Å². The quantitative estimate of drug-likeness (QED) is 0.728. The molecule has 0 N–H and O–H groups in total. The Hall–Kier alpha value is -2.25. The zero-order valence-electron chi connectivity index (χ0n) is 14.9. The highest BCUT2D eigenvalue weighted by atomic mass is 35.5. The molecular formula is C18H20Cl2N4O3. The van der Waals surface area contributed by atoms with Gasteiger partial charge in [-0.3, -0.25) is 9.78 Å². The highest BCUT2D eigenvalue weighted by Crippen LogP contribution is 2.31. The fourth-order valence-corrected chi connectivity index (χ4v) is 3.12. The number of ether oxygens (including phenoxy) is 2. The second kappa shape index (κ2) is 9.10. The van der Waals surface area contributed by atoms with Gasteiger partial charge in [0.05, 0.1) is 37.6 Å². The van der Waals surface area contributed by atoms with E-state index < -0.39 is 0 Å². The standard InChI is InChI=1S/C18H20Cl2N4O3/c1-26-16-12-21-11-15(22-16)23-6-8-24(9-7-23)17(25)5-10-27-14-4-2-3-13(19)18(14)20/h2-4,11-12H,5-10H2,1H3. The summed E-state index contributed by atoms with van der Waals surface area (Å²) >= 11 is 12.0. The zero-order chi connectivity index (χ0) is 19.2. The first kappa shape index (κ1) is 19.5. The summed E-state index contributed by atoms with van der Waals surface area (Å²) in [7, 11) is 1.56. The van der Waals surface area contributed by atoms with Crippen molar-refractivity contribution in [2.45, 2.75) is 6.42 Å². The Balaban J connectivity index is 1.46. The van der Waals surface area contributed by atoms with Crippen molar-refractivity contribution in [1.82, 2.24) is 14.9 Å². The number of methoxy groups -OCH3 is 1. The molecule has 1 fully saturated rings. The summed E-state index contributed by atoms with van der Waals surface area (Å²) in [6, 6.07) is 5.17. The Morgan fingerprint density at radius 2 is 1.96 bits per heavy atom. The molecule has 0 atom stereocenters. The van der Waals surface area contributed by atoms with Crippen LogP contribution in [0.3, 0.4) is 0 Å². The first-order valence-corrected chi connectivity index (χ1v) is 9.29. The molecule has 1 amide bonds. The van der Waals surface area contributed by atoms with Gasteiger partial charge in [0.25, 0.3) is 0 Å². The number of halogens is 2. The lowest BCUT2D eigenvalue weighted by Gasteiger charge is -2.35. The summed E-state index contributed by atoms with van der Waals surface area (Å²) in [6.45, 7) is 2.87. The van der Waals surface area contributed by atoms with E-state index in [9.17, 15) is 4.79 Å². The van der Waals surface area contributed by atoms with E-state index in [2.05, 4.69) is 14.9 Å².